The topological polar surface area (TPSA) is 45.0 Å². The van der Waals surface area contributed by atoms with Crippen molar-refractivity contribution in [2.75, 3.05) is 19.6 Å². The van der Waals surface area contributed by atoms with Gasteiger partial charge in [-0.2, -0.15) is 0 Å². The number of aromatic amines is 1. The Hall–Kier alpha value is -1.32. The van der Waals surface area contributed by atoms with E-state index in [0.717, 1.165) is 6.54 Å². The normalized spacial score (nSPS) is 19.2. The van der Waals surface area contributed by atoms with E-state index in [1.807, 2.05) is 0 Å². The lowest BCUT2D eigenvalue weighted by atomic mass is 10.0. The molecule has 1 unspecified atom stereocenters. The summed E-state index contributed by atoms with van der Waals surface area (Å²) in [5, 5.41) is 1.27. The number of nitrogens with zero attached hydrogens (tertiary/aromatic N) is 1. The Morgan fingerprint density at radius 1 is 1.17 bits per heavy atom. The van der Waals surface area contributed by atoms with Crippen LogP contribution in [0, 0.1) is 0 Å². The number of likely N-dealkylation sites (tertiary alicyclic amines) is 1. The molecule has 3 heteroatoms. The van der Waals surface area contributed by atoms with Crippen LogP contribution in [-0.2, 0) is 0 Å². The minimum absolute atomic E-state index is 0.110. The quantitative estimate of drug-likeness (QED) is 0.870. The number of benzene rings is 1. The van der Waals surface area contributed by atoms with E-state index in [0.29, 0.717) is 0 Å². The van der Waals surface area contributed by atoms with Crippen molar-refractivity contribution < 1.29 is 0 Å². The summed E-state index contributed by atoms with van der Waals surface area (Å²) in [7, 11) is 0. The molecule has 1 fully saturated rings. The van der Waals surface area contributed by atoms with Gasteiger partial charge in [0.2, 0.25) is 0 Å². The molecule has 3 N–H and O–H groups in total. The van der Waals surface area contributed by atoms with Gasteiger partial charge in [-0.1, -0.05) is 24.6 Å². The fourth-order valence-corrected chi connectivity index (χ4v) is 2.92. The maximum Gasteiger partial charge on any atom is 0.0457 e. The number of para-hydroxylation sites is 1. The highest BCUT2D eigenvalue weighted by Crippen LogP contribution is 2.24. The van der Waals surface area contributed by atoms with Crippen molar-refractivity contribution in [3.8, 4) is 0 Å². The highest BCUT2D eigenvalue weighted by Gasteiger charge is 2.17. The summed E-state index contributed by atoms with van der Waals surface area (Å²) in [5.41, 5.74) is 8.80. The predicted octanol–water partition coefficient (Wildman–Crippen LogP) is 2.65. The van der Waals surface area contributed by atoms with E-state index >= 15 is 0 Å². The van der Waals surface area contributed by atoms with Crippen LogP contribution in [0.2, 0.25) is 0 Å². The van der Waals surface area contributed by atoms with E-state index in [1.54, 1.807) is 0 Å². The van der Waals surface area contributed by atoms with Crippen LogP contribution < -0.4 is 5.73 Å². The lowest BCUT2D eigenvalue weighted by Crippen LogP contribution is -2.35. The van der Waals surface area contributed by atoms with Crippen LogP contribution in [0.5, 0.6) is 0 Å². The Morgan fingerprint density at radius 3 is 2.78 bits per heavy atom. The van der Waals surface area contributed by atoms with Crippen molar-refractivity contribution in [3.63, 3.8) is 0 Å². The molecule has 2 heterocycles. The first-order valence-corrected chi connectivity index (χ1v) is 6.88. The average molecular weight is 243 g/mol. The minimum Gasteiger partial charge on any atom is -0.361 e. The van der Waals surface area contributed by atoms with Gasteiger partial charge >= 0.3 is 0 Å². The van der Waals surface area contributed by atoms with E-state index in [2.05, 4.69) is 40.3 Å². The number of hydrogen-bond acceptors (Lipinski definition) is 2. The van der Waals surface area contributed by atoms with Crippen molar-refractivity contribution in [3.05, 3.63) is 36.0 Å². The van der Waals surface area contributed by atoms with E-state index in [4.69, 9.17) is 5.73 Å². The first-order valence-electron chi connectivity index (χ1n) is 6.88. The summed E-state index contributed by atoms with van der Waals surface area (Å²) in [6.07, 6.45) is 6.08. The molecule has 2 aromatic rings. The average Bonchev–Trinajstić information content (AvgIpc) is 2.84. The van der Waals surface area contributed by atoms with Gasteiger partial charge in [0.15, 0.2) is 0 Å². The Bertz CT molecular complexity index is 511. The van der Waals surface area contributed by atoms with Gasteiger partial charge in [0.25, 0.3) is 0 Å². The first kappa shape index (κ1) is 11.8. The van der Waals surface area contributed by atoms with Crippen molar-refractivity contribution in [2.24, 2.45) is 5.73 Å². The third kappa shape index (κ3) is 2.28. The number of nitrogens with two attached hydrogens (primary N) is 1. The van der Waals surface area contributed by atoms with Gasteiger partial charge in [0.1, 0.15) is 0 Å². The molecular weight excluding hydrogens is 222 g/mol. The number of aromatic nitrogens is 1. The molecule has 1 saturated heterocycles. The van der Waals surface area contributed by atoms with Crippen LogP contribution in [0.3, 0.4) is 0 Å². The third-order valence-electron chi connectivity index (χ3n) is 3.92. The van der Waals surface area contributed by atoms with E-state index < -0.39 is 0 Å². The summed E-state index contributed by atoms with van der Waals surface area (Å²) >= 11 is 0. The van der Waals surface area contributed by atoms with Gasteiger partial charge in [-0.15, -0.1) is 0 Å². The van der Waals surface area contributed by atoms with Crippen LogP contribution in [-0.4, -0.2) is 29.5 Å². The third-order valence-corrected chi connectivity index (χ3v) is 3.92. The smallest absolute Gasteiger partial charge is 0.0457 e. The van der Waals surface area contributed by atoms with Gasteiger partial charge in [-0.25, -0.2) is 0 Å². The van der Waals surface area contributed by atoms with Crippen LogP contribution in [0.1, 0.15) is 30.9 Å². The zero-order chi connectivity index (χ0) is 12.4. The monoisotopic (exact) mass is 243 g/mol. The zero-order valence-electron chi connectivity index (χ0n) is 10.7. The van der Waals surface area contributed by atoms with Gasteiger partial charge in [0.05, 0.1) is 0 Å². The SMILES string of the molecule is NC(CN1CCCCC1)c1c[nH]c2ccccc12. The largest absolute Gasteiger partial charge is 0.361 e. The van der Waals surface area contributed by atoms with Crippen LogP contribution in [0.4, 0.5) is 0 Å². The van der Waals surface area contributed by atoms with Gasteiger partial charge in [-0.05, 0) is 37.6 Å². The van der Waals surface area contributed by atoms with E-state index in [1.165, 1.54) is 48.8 Å². The molecule has 1 atom stereocenters. The number of rotatable bonds is 3. The van der Waals surface area contributed by atoms with Crippen molar-refractivity contribution >= 4 is 10.9 Å². The van der Waals surface area contributed by atoms with E-state index in [9.17, 15) is 0 Å². The molecule has 1 aliphatic rings. The number of fused-ring (bicyclic) bond motifs is 1. The second-order valence-corrected chi connectivity index (χ2v) is 5.26. The predicted molar refractivity (Wildman–Crippen MR) is 75.5 cm³/mol. The maximum absolute atomic E-state index is 6.37. The highest BCUT2D eigenvalue weighted by molar-refractivity contribution is 5.83. The fraction of sp³-hybridized carbons (Fsp3) is 0.467. The Kier molecular flexibility index (Phi) is 3.35. The Morgan fingerprint density at radius 2 is 1.94 bits per heavy atom. The molecule has 3 rings (SSSR count). The second kappa shape index (κ2) is 5.12. The maximum atomic E-state index is 6.37. The van der Waals surface area contributed by atoms with Crippen molar-refractivity contribution in [1.29, 1.82) is 0 Å². The molecule has 0 radical (unpaired) electrons. The zero-order valence-corrected chi connectivity index (χ0v) is 10.7. The molecule has 0 amide bonds. The second-order valence-electron chi connectivity index (χ2n) is 5.26. The molecule has 18 heavy (non-hydrogen) atoms. The minimum atomic E-state index is 0.110. The fourth-order valence-electron chi connectivity index (χ4n) is 2.92. The lowest BCUT2D eigenvalue weighted by molar-refractivity contribution is 0.217. The van der Waals surface area contributed by atoms with Crippen LogP contribution in [0.15, 0.2) is 30.5 Å². The number of piperidine rings is 1. The van der Waals surface area contributed by atoms with Crippen molar-refractivity contribution in [1.82, 2.24) is 9.88 Å². The molecule has 1 aromatic heterocycles. The number of nitrogens with one attached hydrogen (secondary N) is 1. The molecule has 0 saturated carbocycles. The molecule has 1 aliphatic heterocycles. The summed E-state index contributed by atoms with van der Waals surface area (Å²) in [4.78, 5) is 5.80. The number of hydrogen-bond donors (Lipinski definition) is 2. The molecular formula is C15H21N3. The van der Waals surface area contributed by atoms with Gasteiger partial charge < -0.3 is 15.6 Å². The summed E-state index contributed by atoms with van der Waals surface area (Å²) in [6.45, 7) is 3.38. The highest BCUT2D eigenvalue weighted by atomic mass is 15.1. The summed E-state index contributed by atoms with van der Waals surface area (Å²) in [5.74, 6) is 0. The molecule has 96 valence electrons. The standard InChI is InChI=1S/C15H21N3/c16-14(11-18-8-4-1-5-9-18)13-10-17-15-7-3-2-6-12(13)15/h2-3,6-7,10,14,17H,1,4-5,8-9,11,16H2. The molecule has 0 aliphatic carbocycles. The first-order chi connectivity index (χ1) is 8.84. The molecule has 3 nitrogen and oxygen atoms in total. The summed E-state index contributed by atoms with van der Waals surface area (Å²) in [6, 6.07) is 8.50. The van der Waals surface area contributed by atoms with Gasteiger partial charge in [0, 0.05) is 29.7 Å². The molecule has 1 aromatic carbocycles. The summed E-state index contributed by atoms with van der Waals surface area (Å²) < 4.78 is 0. The van der Waals surface area contributed by atoms with Crippen molar-refractivity contribution in [2.45, 2.75) is 25.3 Å². The van der Waals surface area contributed by atoms with E-state index in [-0.39, 0.29) is 6.04 Å². The Balaban J connectivity index is 1.76. The van der Waals surface area contributed by atoms with Crippen LogP contribution >= 0.6 is 0 Å². The van der Waals surface area contributed by atoms with Gasteiger partial charge in [-0.3, -0.25) is 0 Å². The lowest BCUT2D eigenvalue weighted by Gasteiger charge is -2.28. The van der Waals surface area contributed by atoms with Crippen LogP contribution in [0.25, 0.3) is 10.9 Å². The number of H-pyrrole nitrogens is 1. The Labute approximate surface area is 108 Å². The molecule has 0 bridgehead atoms. The molecule has 0 spiro atoms.